The summed E-state index contributed by atoms with van der Waals surface area (Å²) in [6.07, 6.45) is 2.70. The molecule has 36 heavy (non-hydrogen) atoms. The second-order valence-corrected chi connectivity index (χ2v) is 9.69. The number of nitrogens with zero attached hydrogens (tertiary/aromatic N) is 2. The van der Waals surface area contributed by atoms with Crippen LogP contribution in [0.1, 0.15) is 21.5 Å². The van der Waals surface area contributed by atoms with Crippen LogP contribution in [0.25, 0.3) is 6.08 Å². The van der Waals surface area contributed by atoms with Gasteiger partial charge in [-0.05, 0) is 73.8 Å². The number of carbonyl (C=O) groups excluding carboxylic acids is 2. The Balaban J connectivity index is 1.88. The van der Waals surface area contributed by atoms with Crippen LogP contribution in [0.15, 0.2) is 74.3 Å². The second kappa shape index (κ2) is 12.1. The average molecular weight is 637 g/mol. The number of anilines is 1. The van der Waals surface area contributed by atoms with Gasteiger partial charge in [-0.25, -0.2) is 5.43 Å². The standard InChI is InChI=1S/C25H21Br2ClN4O4/c1-32(2)16-9-7-14(8-10-16)11-20(30-24(35)17-5-3-4-6-19(17)28)25(36)31-29-13-15-12-18(26)23(34)21(27)22(15)33/h3-13,33-34H,1-2H3,(H,30,35)(H,31,36)/b20-11+,29-13-. The number of carbonyl (C=O) groups is 2. The summed E-state index contributed by atoms with van der Waals surface area (Å²) in [5.41, 5.74) is 4.31. The van der Waals surface area contributed by atoms with Crippen molar-refractivity contribution in [2.45, 2.75) is 0 Å². The highest BCUT2D eigenvalue weighted by Gasteiger charge is 2.17. The van der Waals surface area contributed by atoms with E-state index in [0.29, 0.717) is 10.0 Å². The molecule has 3 aromatic carbocycles. The first-order valence-corrected chi connectivity index (χ1v) is 12.3. The zero-order valence-corrected chi connectivity index (χ0v) is 23.0. The number of benzene rings is 3. The van der Waals surface area contributed by atoms with Gasteiger partial charge in [0.15, 0.2) is 0 Å². The minimum Gasteiger partial charge on any atom is -0.506 e. The molecule has 3 rings (SSSR count). The van der Waals surface area contributed by atoms with Crippen molar-refractivity contribution >= 4 is 73.3 Å². The summed E-state index contributed by atoms with van der Waals surface area (Å²) in [5.74, 6) is -1.72. The monoisotopic (exact) mass is 634 g/mol. The fourth-order valence-corrected chi connectivity index (χ4v) is 4.34. The highest BCUT2D eigenvalue weighted by molar-refractivity contribution is 9.11. The van der Waals surface area contributed by atoms with E-state index in [1.165, 1.54) is 18.4 Å². The predicted octanol–water partition coefficient (Wildman–Crippen LogP) is 5.26. The van der Waals surface area contributed by atoms with E-state index in [-0.39, 0.29) is 37.8 Å². The topological polar surface area (TPSA) is 114 Å². The molecule has 0 bridgehead atoms. The van der Waals surface area contributed by atoms with Gasteiger partial charge in [0.1, 0.15) is 21.7 Å². The number of amides is 2. The maximum atomic E-state index is 13.0. The second-order valence-electron chi connectivity index (χ2n) is 7.64. The Morgan fingerprint density at radius 2 is 1.69 bits per heavy atom. The molecule has 0 aliphatic rings. The molecule has 4 N–H and O–H groups in total. The third-order valence-corrected chi connectivity index (χ3v) is 6.58. The Labute approximate surface area is 229 Å². The summed E-state index contributed by atoms with van der Waals surface area (Å²) >= 11 is 12.4. The fourth-order valence-electron chi connectivity index (χ4n) is 2.96. The van der Waals surface area contributed by atoms with Crippen molar-refractivity contribution in [3.05, 3.63) is 91.0 Å². The summed E-state index contributed by atoms with van der Waals surface area (Å²) in [4.78, 5) is 27.7. The summed E-state index contributed by atoms with van der Waals surface area (Å²) in [5, 5.41) is 26.8. The summed E-state index contributed by atoms with van der Waals surface area (Å²) < 4.78 is 0.382. The van der Waals surface area contributed by atoms with E-state index in [1.807, 2.05) is 31.1 Å². The van der Waals surface area contributed by atoms with Gasteiger partial charge in [-0.1, -0.05) is 35.9 Å². The van der Waals surface area contributed by atoms with Crippen LogP contribution in [0.4, 0.5) is 5.69 Å². The van der Waals surface area contributed by atoms with Crippen LogP contribution in [0.3, 0.4) is 0 Å². The molecule has 0 heterocycles. The van der Waals surface area contributed by atoms with Gasteiger partial charge >= 0.3 is 0 Å². The maximum Gasteiger partial charge on any atom is 0.287 e. The molecule has 0 saturated carbocycles. The van der Waals surface area contributed by atoms with E-state index in [4.69, 9.17) is 11.6 Å². The molecule has 0 radical (unpaired) electrons. The Hall–Kier alpha value is -3.34. The van der Waals surface area contributed by atoms with Crippen LogP contribution in [-0.4, -0.2) is 42.3 Å². The molecule has 0 saturated heterocycles. The lowest BCUT2D eigenvalue weighted by atomic mass is 10.1. The molecule has 0 aromatic heterocycles. The lowest BCUT2D eigenvalue weighted by molar-refractivity contribution is -0.117. The van der Waals surface area contributed by atoms with Crippen molar-refractivity contribution in [3.8, 4) is 11.5 Å². The van der Waals surface area contributed by atoms with E-state index >= 15 is 0 Å². The Bertz CT molecular complexity index is 1360. The van der Waals surface area contributed by atoms with Gasteiger partial charge < -0.3 is 20.4 Å². The lowest BCUT2D eigenvalue weighted by Gasteiger charge is -2.13. The SMILES string of the molecule is CN(C)c1ccc(/C=C(/NC(=O)c2ccccc2Cl)C(=O)N/N=C\c2cc(Br)c(O)c(Br)c2O)cc1. The van der Waals surface area contributed by atoms with Gasteiger partial charge in [-0.15, -0.1) is 0 Å². The van der Waals surface area contributed by atoms with Gasteiger partial charge in [0, 0.05) is 25.3 Å². The van der Waals surface area contributed by atoms with Gasteiger partial charge in [-0.3, -0.25) is 9.59 Å². The highest BCUT2D eigenvalue weighted by atomic mass is 79.9. The maximum absolute atomic E-state index is 13.0. The fraction of sp³-hybridized carbons (Fsp3) is 0.0800. The van der Waals surface area contributed by atoms with Crippen molar-refractivity contribution in [3.63, 3.8) is 0 Å². The van der Waals surface area contributed by atoms with Crippen molar-refractivity contribution < 1.29 is 19.8 Å². The van der Waals surface area contributed by atoms with Crippen LogP contribution < -0.4 is 15.6 Å². The third-order valence-electron chi connectivity index (χ3n) is 4.90. The number of hydrogen-bond acceptors (Lipinski definition) is 6. The van der Waals surface area contributed by atoms with Crippen LogP contribution in [0.5, 0.6) is 11.5 Å². The molecule has 0 spiro atoms. The zero-order chi connectivity index (χ0) is 26.4. The molecule has 186 valence electrons. The van der Waals surface area contributed by atoms with Crippen LogP contribution in [-0.2, 0) is 4.79 Å². The minimum atomic E-state index is -0.709. The molecule has 0 fully saturated rings. The van der Waals surface area contributed by atoms with Crippen LogP contribution in [0.2, 0.25) is 5.02 Å². The molecule has 0 aliphatic heterocycles. The predicted molar refractivity (Wildman–Crippen MR) is 149 cm³/mol. The van der Waals surface area contributed by atoms with E-state index < -0.39 is 11.8 Å². The smallest absolute Gasteiger partial charge is 0.287 e. The van der Waals surface area contributed by atoms with E-state index in [9.17, 15) is 19.8 Å². The number of phenols is 2. The van der Waals surface area contributed by atoms with Crippen LogP contribution in [0, 0.1) is 0 Å². The van der Waals surface area contributed by atoms with Crippen molar-refractivity contribution in [1.82, 2.24) is 10.7 Å². The first-order chi connectivity index (χ1) is 17.1. The normalized spacial score (nSPS) is 11.4. The molecule has 3 aromatic rings. The number of hydrogen-bond donors (Lipinski definition) is 4. The Morgan fingerprint density at radius 1 is 1.03 bits per heavy atom. The minimum absolute atomic E-state index is 0.0680. The quantitative estimate of drug-likeness (QED) is 0.161. The van der Waals surface area contributed by atoms with Crippen molar-refractivity contribution in [1.29, 1.82) is 0 Å². The molecule has 2 amide bonds. The number of phenolic OH excluding ortho intramolecular Hbond substituents is 2. The number of hydrazone groups is 1. The number of halogens is 3. The molecular weight excluding hydrogens is 616 g/mol. The lowest BCUT2D eigenvalue weighted by Crippen LogP contribution is -2.33. The molecule has 0 unspecified atom stereocenters. The first kappa shape index (κ1) is 27.3. The van der Waals surface area contributed by atoms with Crippen LogP contribution >= 0.6 is 43.5 Å². The molecular formula is C25H21Br2ClN4O4. The Kier molecular flexibility index (Phi) is 9.14. The highest BCUT2D eigenvalue weighted by Crippen LogP contribution is 2.40. The molecule has 0 aliphatic carbocycles. The largest absolute Gasteiger partial charge is 0.506 e. The van der Waals surface area contributed by atoms with Gasteiger partial charge in [-0.2, -0.15) is 5.10 Å². The summed E-state index contributed by atoms with van der Waals surface area (Å²) in [6.45, 7) is 0. The zero-order valence-electron chi connectivity index (χ0n) is 19.1. The van der Waals surface area contributed by atoms with Gasteiger partial charge in [0.2, 0.25) is 0 Å². The summed E-state index contributed by atoms with van der Waals surface area (Å²) in [7, 11) is 3.82. The Morgan fingerprint density at radius 3 is 2.33 bits per heavy atom. The van der Waals surface area contributed by atoms with Gasteiger partial charge in [0.05, 0.1) is 21.3 Å². The van der Waals surface area contributed by atoms with E-state index in [1.54, 1.807) is 36.4 Å². The van der Waals surface area contributed by atoms with E-state index in [0.717, 1.165) is 5.69 Å². The molecule has 11 heteroatoms. The van der Waals surface area contributed by atoms with Crippen molar-refractivity contribution in [2.24, 2.45) is 5.10 Å². The number of nitrogens with one attached hydrogen (secondary N) is 2. The number of aromatic hydroxyl groups is 2. The summed E-state index contributed by atoms with van der Waals surface area (Å²) in [6, 6.07) is 15.2. The number of rotatable bonds is 7. The first-order valence-electron chi connectivity index (χ1n) is 10.4. The molecule has 8 nitrogen and oxygen atoms in total. The molecule has 0 atom stereocenters. The third kappa shape index (κ3) is 6.66. The van der Waals surface area contributed by atoms with Crippen molar-refractivity contribution in [2.75, 3.05) is 19.0 Å². The van der Waals surface area contributed by atoms with E-state index in [2.05, 4.69) is 47.7 Å². The van der Waals surface area contributed by atoms with Gasteiger partial charge in [0.25, 0.3) is 11.8 Å². The average Bonchev–Trinajstić information content (AvgIpc) is 2.85.